The zero-order valence-corrected chi connectivity index (χ0v) is 17.9. The molecule has 0 spiro atoms. The summed E-state index contributed by atoms with van der Waals surface area (Å²) in [5.74, 6) is -1.54. The second kappa shape index (κ2) is 8.95. The topological polar surface area (TPSA) is 75.3 Å². The van der Waals surface area contributed by atoms with Gasteiger partial charge in [0.05, 0.1) is 10.5 Å². The predicted octanol–water partition coefficient (Wildman–Crippen LogP) is 4.83. The van der Waals surface area contributed by atoms with E-state index >= 15 is 0 Å². The molecule has 0 radical (unpaired) electrons. The first-order valence-electron chi connectivity index (χ1n) is 9.09. The molecule has 0 heterocycles. The van der Waals surface area contributed by atoms with Crippen molar-refractivity contribution in [2.45, 2.75) is 25.3 Å². The molecule has 0 aliphatic heterocycles. The van der Waals surface area contributed by atoms with Crippen molar-refractivity contribution in [3.63, 3.8) is 0 Å². The van der Waals surface area contributed by atoms with Crippen molar-refractivity contribution < 1.29 is 17.6 Å². The van der Waals surface area contributed by atoms with E-state index in [1.165, 1.54) is 0 Å². The third-order valence-electron chi connectivity index (χ3n) is 4.62. The summed E-state index contributed by atoms with van der Waals surface area (Å²) in [6, 6.07) is 15.4. The normalized spacial score (nSPS) is 11.3. The van der Waals surface area contributed by atoms with E-state index < -0.39 is 21.7 Å². The number of para-hydroxylation sites is 1. The lowest BCUT2D eigenvalue weighted by Crippen LogP contribution is -2.24. The number of halogens is 2. The van der Waals surface area contributed by atoms with E-state index in [2.05, 4.69) is 10.0 Å². The molecule has 0 aliphatic carbocycles. The Morgan fingerprint density at radius 2 is 1.67 bits per heavy atom. The first-order valence-corrected chi connectivity index (χ1v) is 11.0. The highest BCUT2D eigenvalue weighted by atomic mass is 35.5. The van der Waals surface area contributed by atoms with E-state index in [0.29, 0.717) is 16.3 Å². The summed E-state index contributed by atoms with van der Waals surface area (Å²) in [7, 11) is -3.99. The molecule has 0 fully saturated rings. The van der Waals surface area contributed by atoms with Crippen LogP contribution in [-0.2, 0) is 16.6 Å². The quantitative estimate of drug-likeness (QED) is 0.569. The van der Waals surface area contributed by atoms with Crippen molar-refractivity contribution in [3.05, 3.63) is 93.8 Å². The van der Waals surface area contributed by atoms with Crippen LogP contribution in [0.15, 0.2) is 65.6 Å². The number of amides is 1. The standard InChI is InChI=1S/C22H20ClFN2O3S/c1-14-6-5-7-15(2)21(14)26-22(27)18-12-17(10-11-20(18)24)30(28,29)25-13-16-8-3-4-9-19(16)23/h3-12,25H,13H2,1-2H3,(H,26,27). The number of hydrogen-bond donors (Lipinski definition) is 2. The predicted molar refractivity (Wildman–Crippen MR) is 116 cm³/mol. The fourth-order valence-electron chi connectivity index (χ4n) is 2.94. The van der Waals surface area contributed by atoms with Crippen LogP contribution in [-0.4, -0.2) is 14.3 Å². The third-order valence-corrected chi connectivity index (χ3v) is 6.39. The number of rotatable bonds is 6. The van der Waals surface area contributed by atoms with E-state index in [-0.39, 0.29) is 17.0 Å². The van der Waals surface area contributed by atoms with Gasteiger partial charge in [-0.15, -0.1) is 0 Å². The Bertz CT molecular complexity index is 1190. The van der Waals surface area contributed by atoms with E-state index in [9.17, 15) is 17.6 Å². The number of carbonyl (C=O) groups is 1. The molecule has 156 valence electrons. The van der Waals surface area contributed by atoms with Gasteiger partial charge in [0, 0.05) is 17.3 Å². The number of nitrogens with one attached hydrogen (secondary N) is 2. The molecule has 8 heteroatoms. The van der Waals surface area contributed by atoms with Gasteiger partial charge in [-0.25, -0.2) is 17.5 Å². The lowest BCUT2D eigenvalue weighted by Gasteiger charge is -2.13. The van der Waals surface area contributed by atoms with Crippen molar-refractivity contribution in [1.82, 2.24) is 4.72 Å². The Kier molecular flexibility index (Phi) is 6.55. The van der Waals surface area contributed by atoms with Gasteiger partial charge in [-0.05, 0) is 54.8 Å². The van der Waals surface area contributed by atoms with Crippen LogP contribution in [0.2, 0.25) is 5.02 Å². The maximum Gasteiger partial charge on any atom is 0.258 e. The highest BCUT2D eigenvalue weighted by molar-refractivity contribution is 7.89. The highest BCUT2D eigenvalue weighted by Crippen LogP contribution is 2.22. The van der Waals surface area contributed by atoms with E-state index in [0.717, 1.165) is 29.3 Å². The van der Waals surface area contributed by atoms with Crippen LogP contribution in [0.5, 0.6) is 0 Å². The van der Waals surface area contributed by atoms with Gasteiger partial charge >= 0.3 is 0 Å². The van der Waals surface area contributed by atoms with Crippen molar-refractivity contribution in [3.8, 4) is 0 Å². The molecule has 3 aromatic carbocycles. The summed E-state index contributed by atoms with van der Waals surface area (Å²) in [5.41, 5.74) is 2.42. The molecule has 5 nitrogen and oxygen atoms in total. The van der Waals surface area contributed by atoms with Crippen LogP contribution in [0.4, 0.5) is 10.1 Å². The van der Waals surface area contributed by atoms with Crippen LogP contribution in [0.1, 0.15) is 27.0 Å². The minimum atomic E-state index is -3.99. The maximum atomic E-state index is 14.3. The minimum Gasteiger partial charge on any atom is -0.321 e. The van der Waals surface area contributed by atoms with Crippen molar-refractivity contribution in [2.24, 2.45) is 0 Å². The summed E-state index contributed by atoms with van der Waals surface area (Å²) in [6.45, 7) is 3.60. The molecule has 2 N–H and O–H groups in total. The average molecular weight is 447 g/mol. The lowest BCUT2D eigenvalue weighted by molar-refractivity contribution is 0.102. The molecule has 3 aromatic rings. The second-order valence-electron chi connectivity index (χ2n) is 6.78. The number of benzene rings is 3. The maximum absolute atomic E-state index is 14.3. The zero-order chi connectivity index (χ0) is 21.9. The molecule has 0 atom stereocenters. The number of anilines is 1. The summed E-state index contributed by atoms with van der Waals surface area (Å²) >= 11 is 6.05. The van der Waals surface area contributed by atoms with Crippen molar-refractivity contribution in [1.29, 1.82) is 0 Å². The molecule has 0 saturated heterocycles. The van der Waals surface area contributed by atoms with Crippen molar-refractivity contribution >= 4 is 33.2 Å². The lowest BCUT2D eigenvalue weighted by atomic mass is 10.1. The van der Waals surface area contributed by atoms with E-state index in [1.54, 1.807) is 24.3 Å². The van der Waals surface area contributed by atoms with Gasteiger partial charge in [-0.3, -0.25) is 4.79 Å². The summed E-state index contributed by atoms with van der Waals surface area (Å²) in [6.07, 6.45) is 0. The summed E-state index contributed by atoms with van der Waals surface area (Å²) in [4.78, 5) is 12.4. The van der Waals surface area contributed by atoms with Gasteiger partial charge in [-0.2, -0.15) is 0 Å². The molecular weight excluding hydrogens is 427 g/mol. The Labute approximate surface area is 179 Å². The van der Waals surface area contributed by atoms with E-state index in [1.807, 2.05) is 32.0 Å². The van der Waals surface area contributed by atoms with Crippen molar-refractivity contribution in [2.75, 3.05) is 5.32 Å². The minimum absolute atomic E-state index is 0.0384. The molecule has 30 heavy (non-hydrogen) atoms. The Morgan fingerprint density at radius 3 is 2.33 bits per heavy atom. The average Bonchev–Trinajstić information content (AvgIpc) is 2.70. The Hall–Kier alpha value is -2.74. The van der Waals surface area contributed by atoms with Crippen LogP contribution in [0.25, 0.3) is 0 Å². The molecule has 0 unspecified atom stereocenters. The van der Waals surface area contributed by atoms with Gasteiger partial charge in [0.2, 0.25) is 10.0 Å². The second-order valence-corrected chi connectivity index (χ2v) is 8.95. The Morgan fingerprint density at radius 1 is 1.00 bits per heavy atom. The third kappa shape index (κ3) is 4.87. The first kappa shape index (κ1) is 22.0. The molecule has 0 aromatic heterocycles. The van der Waals surface area contributed by atoms with E-state index in [4.69, 9.17) is 11.6 Å². The highest BCUT2D eigenvalue weighted by Gasteiger charge is 2.20. The smallest absolute Gasteiger partial charge is 0.258 e. The molecule has 1 amide bonds. The fraction of sp³-hybridized carbons (Fsp3) is 0.136. The molecule has 3 rings (SSSR count). The zero-order valence-electron chi connectivity index (χ0n) is 16.4. The fourth-order valence-corrected chi connectivity index (χ4v) is 4.17. The van der Waals surface area contributed by atoms with Gasteiger partial charge in [0.1, 0.15) is 5.82 Å². The van der Waals surface area contributed by atoms with Gasteiger partial charge < -0.3 is 5.32 Å². The molecule has 0 aliphatic rings. The van der Waals surface area contributed by atoms with Gasteiger partial charge in [0.25, 0.3) is 5.91 Å². The van der Waals surface area contributed by atoms with Crippen LogP contribution in [0.3, 0.4) is 0 Å². The SMILES string of the molecule is Cc1cccc(C)c1NC(=O)c1cc(S(=O)(=O)NCc2ccccc2Cl)ccc1F. The molecule has 0 bridgehead atoms. The van der Waals surface area contributed by atoms with Gasteiger partial charge in [-0.1, -0.05) is 48.0 Å². The monoisotopic (exact) mass is 446 g/mol. The summed E-state index contributed by atoms with van der Waals surface area (Å²) < 4.78 is 42.1. The first-order chi connectivity index (χ1) is 14.2. The number of sulfonamides is 1. The Balaban J connectivity index is 1.85. The molecule has 0 saturated carbocycles. The number of carbonyl (C=O) groups excluding carboxylic acids is 1. The number of hydrogen-bond acceptors (Lipinski definition) is 3. The number of aryl methyl sites for hydroxylation is 2. The largest absolute Gasteiger partial charge is 0.321 e. The summed E-state index contributed by atoms with van der Waals surface area (Å²) in [5, 5.41) is 3.09. The molecular formula is C22H20ClFN2O3S. The van der Waals surface area contributed by atoms with Crippen LogP contribution < -0.4 is 10.0 Å². The van der Waals surface area contributed by atoms with Crippen LogP contribution in [0, 0.1) is 19.7 Å². The van der Waals surface area contributed by atoms with Crippen LogP contribution >= 0.6 is 11.6 Å². The van der Waals surface area contributed by atoms with Gasteiger partial charge in [0.15, 0.2) is 0 Å².